The minimum Gasteiger partial charge on any atom is -0.490 e. The molecule has 0 aliphatic rings. The minimum absolute atomic E-state index is 0.00108. The third kappa shape index (κ3) is 6.32. The highest BCUT2D eigenvalue weighted by atomic mass is 32.2. The van der Waals surface area contributed by atoms with Crippen molar-refractivity contribution in [3.8, 4) is 17.6 Å². The van der Waals surface area contributed by atoms with E-state index >= 15 is 0 Å². The van der Waals surface area contributed by atoms with Crippen molar-refractivity contribution < 1.29 is 22.1 Å². The molecule has 0 aliphatic heterocycles. The van der Waals surface area contributed by atoms with Gasteiger partial charge in [-0.15, -0.1) is 0 Å². The van der Waals surface area contributed by atoms with Crippen LogP contribution in [0.5, 0.6) is 11.5 Å². The second-order valence-electron chi connectivity index (χ2n) is 6.20. The number of benzene rings is 2. The number of nitriles is 1. The lowest BCUT2D eigenvalue weighted by Crippen LogP contribution is -2.13. The molecule has 0 saturated carbocycles. The molecule has 170 valence electrons. The molecule has 9 nitrogen and oxygen atoms in total. The summed E-state index contributed by atoms with van der Waals surface area (Å²) < 4.78 is 39.9. The summed E-state index contributed by atoms with van der Waals surface area (Å²) in [4.78, 5) is 16.6. The van der Waals surface area contributed by atoms with Crippen molar-refractivity contribution >= 4 is 50.5 Å². The van der Waals surface area contributed by atoms with Crippen LogP contribution >= 0.6 is 23.3 Å². The first-order valence-electron chi connectivity index (χ1n) is 9.43. The van der Waals surface area contributed by atoms with Gasteiger partial charge in [-0.25, -0.2) is 0 Å². The maximum absolute atomic E-state index is 12.6. The molecule has 1 amide bonds. The van der Waals surface area contributed by atoms with Crippen LogP contribution in [0.25, 0.3) is 6.08 Å². The highest BCUT2D eigenvalue weighted by molar-refractivity contribution is 7.98. The van der Waals surface area contributed by atoms with Crippen LogP contribution in [0.3, 0.4) is 0 Å². The molecular weight excluding hydrogens is 484 g/mol. The first kappa shape index (κ1) is 24.2. The number of aromatic nitrogens is 2. The third-order valence-electron chi connectivity index (χ3n) is 3.99. The van der Waals surface area contributed by atoms with Crippen molar-refractivity contribution in [1.82, 2.24) is 9.36 Å². The van der Waals surface area contributed by atoms with Crippen molar-refractivity contribution in [2.45, 2.75) is 17.0 Å². The topological polar surface area (TPSA) is 131 Å². The van der Waals surface area contributed by atoms with Crippen molar-refractivity contribution in [2.75, 3.05) is 18.2 Å². The van der Waals surface area contributed by atoms with E-state index in [-0.39, 0.29) is 33.7 Å². The van der Waals surface area contributed by atoms with Crippen molar-refractivity contribution in [3.63, 3.8) is 0 Å². The van der Waals surface area contributed by atoms with Crippen LogP contribution in [-0.2, 0) is 14.9 Å². The summed E-state index contributed by atoms with van der Waals surface area (Å²) in [5.74, 6) is -0.511. The van der Waals surface area contributed by atoms with Gasteiger partial charge in [0, 0.05) is 11.5 Å². The SMILES string of the molecule is CCOc1cc(/C=C(/C#N)C(=O)Nc2nc(SC)ns2)ccc1OS(=O)(=O)c1ccccc1. The van der Waals surface area contributed by atoms with E-state index in [4.69, 9.17) is 8.92 Å². The fraction of sp³-hybridized carbons (Fsp3) is 0.143. The Balaban J connectivity index is 1.85. The van der Waals surface area contributed by atoms with Crippen LogP contribution in [0, 0.1) is 11.3 Å². The molecule has 0 fully saturated rings. The van der Waals surface area contributed by atoms with Gasteiger partial charge in [0.1, 0.15) is 16.5 Å². The highest BCUT2D eigenvalue weighted by Crippen LogP contribution is 2.32. The average Bonchev–Trinajstić information content (AvgIpc) is 3.27. The van der Waals surface area contributed by atoms with Gasteiger partial charge in [-0.2, -0.15) is 23.0 Å². The maximum Gasteiger partial charge on any atom is 0.339 e. The van der Waals surface area contributed by atoms with Crippen molar-refractivity contribution in [2.24, 2.45) is 0 Å². The van der Waals surface area contributed by atoms with Gasteiger partial charge in [-0.05, 0) is 49.1 Å². The van der Waals surface area contributed by atoms with Gasteiger partial charge in [0.05, 0.1) is 6.61 Å². The zero-order chi connectivity index (χ0) is 23.8. The number of carbonyl (C=O) groups excluding carboxylic acids is 1. The molecule has 0 spiro atoms. The molecule has 3 rings (SSSR count). The minimum atomic E-state index is -4.07. The number of hydrogen-bond donors (Lipinski definition) is 1. The summed E-state index contributed by atoms with van der Waals surface area (Å²) >= 11 is 2.34. The lowest BCUT2D eigenvalue weighted by Gasteiger charge is -2.12. The monoisotopic (exact) mass is 502 g/mol. The Morgan fingerprint density at radius 3 is 2.64 bits per heavy atom. The van der Waals surface area contributed by atoms with Crippen LogP contribution in [0.1, 0.15) is 12.5 Å². The normalized spacial score (nSPS) is 11.5. The molecule has 0 saturated heterocycles. The Labute approximate surface area is 199 Å². The van der Waals surface area contributed by atoms with Crippen LogP contribution in [-0.4, -0.2) is 36.5 Å². The lowest BCUT2D eigenvalue weighted by atomic mass is 10.1. The Bertz CT molecular complexity index is 1320. The number of amides is 1. The van der Waals surface area contributed by atoms with Crippen LogP contribution in [0.2, 0.25) is 0 Å². The fourth-order valence-corrected chi connectivity index (χ4v) is 4.61. The molecule has 0 bridgehead atoms. The average molecular weight is 503 g/mol. The Morgan fingerprint density at radius 2 is 2.00 bits per heavy atom. The van der Waals surface area contributed by atoms with Crippen LogP contribution in [0.15, 0.2) is 64.2 Å². The molecule has 33 heavy (non-hydrogen) atoms. The van der Waals surface area contributed by atoms with Gasteiger partial charge in [-0.3, -0.25) is 10.1 Å². The predicted molar refractivity (Wildman–Crippen MR) is 126 cm³/mol. The molecule has 12 heteroatoms. The van der Waals surface area contributed by atoms with E-state index < -0.39 is 16.0 Å². The van der Waals surface area contributed by atoms with Crippen LogP contribution < -0.4 is 14.2 Å². The number of ether oxygens (including phenoxy) is 1. The van der Waals surface area contributed by atoms with E-state index in [0.717, 1.165) is 11.5 Å². The van der Waals surface area contributed by atoms with Gasteiger partial charge in [0.2, 0.25) is 10.3 Å². The number of anilines is 1. The smallest absolute Gasteiger partial charge is 0.339 e. The summed E-state index contributed by atoms with van der Waals surface area (Å²) in [7, 11) is -4.07. The summed E-state index contributed by atoms with van der Waals surface area (Å²) in [6.45, 7) is 1.98. The second-order valence-corrected chi connectivity index (χ2v) is 9.27. The van der Waals surface area contributed by atoms with Crippen molar-refractivity contribution in [3.05, 3.63) is 59.7 Å². The zero-order valence-corrected chi connectivity index (χ0v) is 20.0. The summed E-state index contributed by atoms with van der Waals surface area (Å²) in [6, 6.07) is 14.0. The second kappa shape index (κ2) is 11.0. The van der Waals surface area contributed by atoms with Crippen LogP contribution in [0.4, 0.5) is 5.13 Å². The Kier molecular flexibility index (Phi) is 8.05. The van der Waals surface area contributed by atoms with Gasteiger partial charge < -0.3 is 8.92 Å². The molecule has 2 aromatic carbocycles. The summed E-state index contributed by atoms with van der Waals surface area (Å²) in [6.07, 6.45) is 3.16. The highest BCUT2D eigenvalue weighted by Gasteiger charge is 2.19. The molecule has 0 atom stereocenters. The number of carbonyl (C=O) groups is 1. The first-order chi connectivity index (χ1) is 15.9. The predicted octanol–water partition coefficient (Wildman–Crippen LogP) is 3.97. The van der Waals surface area contributed by atoms with Gasteiger partial charge in [0.25, 0.3) is 5.91 Å². The molecule has 1 heterocycles. The quantitative estimate of drug-likeness (QED) is 0.200. The first-order valence-corrected chi connectivity index (χ1v) is 12.8. The largest absolute Gasteiger partial charge is 0.490 e. The van der Waals surface area contributed by atoms with E-state index in [1.807, 2.05) is 12.3 Å². The van der Waals surface area contributed by atoms with E-state index in [9.17, 15) is 18.5 Å². The number of thioether (sulfide) groups is 1. The van der Waals surface area contributed by atoms with Gasteiger partial charge in [-0.1, -0.05) is 36.0 Å². The Hall–Kier alpha value is -3.40. The maximum atomic E-state index is 12.6. The van der Waals surface area contributed by atoms with Gasteiger partial charge >= 0.3 is 10.1 Å². The zero-order valence-electron chi connectivity index (χ0n) is 17.5. The van der Waals surface area contributed by atoms with E-state index in [2.05, 4.69) is 14.7 Å². The summed E-state index contributed by atoms with van der Waals surface area (Å²) in [5.41, 5.74) is 0.264. The molecular formula is C21H18N4O5S3. The number of nitrogens with zero attached hydrogens (tertiary/aromatic N) is 3. The molecule has 0 radical (unpaired) electrons. The molecule has 3 aromatic rings. The fourth-order valence-electron chi connectivity index (χ4n) is 2.53. The molecule has 1 aromatic heterocycles. The number of hydrogen-bond acceptors (Lipinski definition) is 10. The van der Waals surface area contributed by atoms with E-state index in [1.54, 1.807) is 25.1 Å². The Morgan fingerprint density at radius 1 is 1.24 bits per heavy atom. The number of rotatable bonds is 9. The summed E-state index contributed by atoms with van der Waals surface area (Å²) in [5, 5.41) is 12.8. The van der Waals surface area contributed by atoms with Crippen molar-refractivity contribution in [1.29, 1.82) is 5.26 Å². The number of nitrogens with one attached hydrogen (secondary N) is 1. The van der Waals surface area contributed by atoms with Gasteiger partial charge in [0.15, 0.2) is 11.5 Å². The molecule has 0 aliphatic carbocycles. The van der Waals surface area contributed by atoms with E-state index in [0.29, 0.717) is 10.7 Å². The molecule has 1 N–H and O–H groups in total. The standard InChI is InChI=1S/C21H18N4O5S3/c1-3-29-18-12-14(9-10-17(18)30-33(27,28)16-7-5-4-6-8-16)11-15(13-22)19(26)23-20-24-21(31-2)25-32-20/h4-12H,3H2,1-2H3,(H,23,24,25,26)/b15-11-. The third-order valence-corrected chi connectivity index (χ3v) is 6.53. The lowest BCUT2D eigenvalue weighted by molar-refractivity contribution is -0.112. The molecule has 0 unspecified atom stereocenters. The van der Waals surface area contributed by atoms with E-state index in [1.165, 1.54) is 48.2 Å².